The van der Waals surface area contributed by atoms with Crippen LogP contribution in [0.3, 0.4) is 0 Å². The van der Waals surface area contributed by atoms with Gasteiger partial charge in [0.25, 0.3) is 0 Å². The molecule has 0 bridgehead atoms. The Hall–Kier alpha value is -0.530. The number of hydrogen-bond donors (Lipinski definition) is 1. The number of rotatable bonds is 0. The summed E-state index contributed by atoms with van der Waals surface area (Å²) in [7, 11) is 0. The van der Waals surface area contributed by atoms with Gasteiger partial charge in [0.15, 0.2) is 0 Å². The van der Waals surface area contributed by atoms with Crippen LogP contribution in [0.25, 0.3) is 0 Å². The maximum atomic E-state index is 4.28. The summed E-state index contributed by atoms with van der Waals surface area (Å²) in [5, 5.41) is 4.28. The Balaban J connectivity index is 0.000000396. The first-order valence-corrected chi connectivity index (χ1v) is 5.61. The third-order valence-corrected chi connectivity index (χ3v) is 2.89. The molecule has 76 valence electrons. The number of hydrazone groups is 1. The van der Waals surface area contributed by atoms with Crippen LogP contribution >= 0.6 is 0 Å². The lowest BCUT2D eigenvalue weighted by atomic mass is 9.80. The molecule has 2 nitrogen and oxygen atoms in total. The molecule has 1 aliphatic heterocycles. The lowest BCUT2D eigenvalue weighted by molar-refractivity contribution is 0.259. The molecule has 1 heterocycles. The first kappa shape index (κ1) is 10.6. The van der Waals surface area contributed by atoms with E-state index < -0.39 is 0 Å². The van der Waals surface area contributed by atoms with E-state index in [0.717, 1.165) is 0 Å². The molecule has 0 radical (unpaired) electrons. The summed E-state index contributed by atoms with van der Waals surface area (Å²) < 4.78 is 0. The largest absolute Gasteiger partial charge is 0.304 e. The third-order valence-electron chi connectivity index (χ3n) is 2.89. The SMILES string of the molecule is CC.CC1=NNC2(CCCCC2)C1. The van der Waals surface area contributed by atoms with Crippen molar-refractivity contribution in [3.8, 4) is 0 Å². The Morgan fingerprint density at radius 1 is 1.15 bits per heavy atom. The van der Waals surface area contributed by atoms with Crippen molar-refractivity contribution in [1.29, 1.82) is 0 Å². The van der Waals surface area contributed by atoms with Crippen LogP contribution in [0.15, 0.2) is 5.10 Å². The maximum absolute atomic E-state index is 4.28. The first-order chi connectivity index (χ1) is 6.31. The molecule has 0 unspecified atom stereocenters. The molecule has 1 fully saturated rings. The molecule has 0 atom stereocenters. The number of hydrogen-bond acceptors (Lipinski definition) is 2. The van der Waals surface area contributed by atoms with Crippen LogP contribution in [0.2, 0.25) is 0 Å². The minimum atomic E-state index is 0.391. The van der Waals surface area contributed by atoms with E-state index in [9.17, 15) is 0 Å². The summed E-state index contributed by atoms with van der Waals surface area (Å²) in [6.45, 7) is 6.12. The van der Waals surface area contributed by atoms with Gasteiger partial charge in [0.05, 0.1) is 5.54 Å². The Bertz CT molecular complexity index is 179. The Morgan fingerprint density at radius 2 is 1.77 bits per heavy atom. The zero-order chi connectivity index (χ0) is 9.73. The van der Waals surface area contributed by atoms with Crippen molar-refractivity contribution in [1.82, 2.24) is 5.43 Å². The number of nitrogens with zero attached hydrogens (tertiary/aromatic N) is 1. The average molecular weight is 182 g/mol. The van der Waals surface area contributed by atoms with Gasteiger partial charge in [-0.2, -0.15) is 5.10 Å². The summed E-state index contributed by atoms with van der Waals surface area (Å²) in [6, 6.07) is 0. The Morgan fingerprint density at radius 3 is 2.23 bits per heavy atom. The van der Waals surface area contributed by atoms with Gasteiger partial charge in [-0.05, 0) is 19.8 Å². The zero-order valence-corrected chi connectivity index (χ0v) is 9.19. The van der Waals surface area contributed by atoms with Gasteiger partial charge in [0, 0.05) is 12.1 Å². The first-order valence-electron chi connectivity index (χ1n) is 5.61. The fraction of sp³-hybridized carbons (Fsp3) is 0.909. The van der Waals surface area contributed by atoms with E-state index in [0.29, 0.717) is 5.54 Å². The molecule has 0 aromatic rings. The van der Waals surface area contributed by atoms with Gasteiger partial charge < -0.3 is 5.43 Å². The van der Waals surface area contributed by atoms with Crippen LogP contribution in [-0.4, -0.2) is 11.3 Å². The molecule has 2 heteroatoms. The molecule has 1 spiro atoms. The van der Waals surface area contributed by atoms with E-state index in [1.807, 2.05) is 13.8 Å². The predicted molar refractivity (Wildman–Crippen MR) is 58.0 cm³/mol. The van der Waals surface area contributed by atoms with E-state index >= 15 is 0 Å². The van der Waals surface area contributed by atoms with E-state index in [1.54, 1.807) is 0 Å². The van der Waals surface area contributed by atoms with Crippen LogP contribution in [-0.2, 0) is 0 Å². The Labute approximate surface area is 81.8 Å². The molecule has 1 aliphatic carbocycles. The quantitative estimate of drug-likeness (QED) is 0.611. The highest BCUT2D eigenvalue weighted by atomic mass is 15.4. The molecular formula is C11H22N2. The molecule has 0 aromatic carbocycles. The van der Waals surface area contributed by atoms with Crippen molar-refractivity contribution in [2.45, 2.75) is 64.8 Å². The highest BCUT2D eigenvalue weighted by Gasteiger charge is 2.35. The molecule has 1 N–H and O–H groups in total. The topological polar surface area (TPSA) is 24.4 Å². The molecule has 2 aliphatic rings. The highest BCUT2D eigenvalue weighted by molar-refractivity contribution is 5.84. The molecule has 0 aromatic heterocycles. The summed E-state index contributed by atoms with van der Waals surface area (Å²) in [5.74, 6) is 0. The zero-order valence-electron chi connectivity index (χ0n) is 9.19. The van der Waals surface area contributed by atoms with Crippen molar-refractivity contribution in [2.75, 3.05) is 0 Å². The average Bonchev–Trinajstić information content (AvgIpc) is 2.52. The smallest absolute Gasteiger partial charge is 0.0601 e. The molecular weight excluding hydrogens is 160 g/mol. The minimum absolute atomic E-state index is 0.391. The van der Waals surface area contributed by atoms with Crippen molar-refractivity contribution in [3.05, 3.63) is 0 Å². The second-order valence-electron chi connectivity index (χ2n) is 3.98. The lowest BCUT2D eigenvalue weighted by Crippen LogP contribution is -2.40. The highest BCUT2D eigenvalue weighted by Crippen LogP contribution is 2.33. The van der Waals surface area contributed by atoms with E-state index in [1.165, 1.54) is 44.2 Å². The summed E-state index contributed by atoms with van der Waals surface area (Å²) in [4.78, 5) is 0. The molecule has 0 amide bonds. The molecule has 1 saturated carbocycles. The van der Waals surface area contributed by atoms with E-state index in [2.05, 4.69) is 17.5 Å². The van der Waals surface area contributed by atoms with Gasteiger partial charge in [-0.1, -0.05) is 33.1 Å². The van der Waals surface area contributed by atoms with Crippen LogP contribution in [0, 0.1) is 0 Å². The summed E-state index contributed by atoms with van der Waals surface area (Å²) in [5.41, 5.74) is 4.99. The van der Waals surface area contributed by atoms with Gasteiger partial charge in [-0.3, -0.25) is 0 Å². The minimum Gasteiger partial charge on any atom is -0.304 e. The van der Waals surface area contributed by atoms with Crippen molar-refractivity contribution in [2.24, 2.45) is 5.10 Å². The van der Waals surface area contributed by atoms with Crippen molar-refractivity contribution < 1.29 is 0 Å². The van der Waals surface area contributed by atoms with Crippen LogP contribution in [0.1, 0.15) is 59.3 Å². The second-order valence-corrected chi connectivity index (χ2v) is 3.98. The normalized spacial score (nSPS) is 24.4. The van der Waals surface area contributed by atoms with Crippen molar-refractivity contribution in [3.63, 3.8) is 0 Å². The maximum Gasteiger partial charge on any atom is 0.0601 e. The molecule has 2 rings (SSSR count). The summed E-state index contributed by atoms with van der Waals surface area (Å²) in [6.07, 6.45) is 8.03. The monoisotopic (exact) mass is 182 g/mol. The van der Waals surface area contributed by atoms with Crippen molar-refractivity contribution >= 4 is 5.71 Å². The molecule has 0 saturated heterocycles. The third kappa shape index (κ3) is 2.45. The van der Waals surface area contributed by atoms with E-state index in [-0.39, 0.29) is 0 Å². The standard InChI is InChI=1S/C9H16N2.C2H6/c1-8-7-9(11-10-8)5-3-2-4-6-9;1-2/h11H,2-7H2,1H3;1-2H3. The second kappa shape index (κ2) is 4.64. The van der Waals surface area contributed by atoms with Gasteiger partial charge in [0.1, 0.15) is 0 Å². The van der Waals surface area contributed by atoms with Gasteiger partial charge in [-0.15, -0.1) is 0 Å². The van der Waals surface area contributed by atoms with Crippen LogP contribution in [0.4, 0.5) is 0 Å². The predicted octanol–water partition coefficient (Wildman–Crippen LogP) is 3.08. The lowest BCUT2D eigenvalue weighted by Gasteiger charge is -2.32. The van der Waals surface area contributed by atoms with Gasteiger partial charge in [-0.25, -0.2) is 0 Å². The van der Waals surface area contributed by atoms with Gasteiger partial charge in [0.2, 0.25) is 0 Å². The van der Waals surface area contributed by atoms with Crippen LogP contribution < -0.4 is 5.43 Å². The molecule has 13 heavy (non-hydrogen) atoms. The van der Waals surface area contributed by atoms with E-state index in [4.69, 9.17) is 0 Å². The summed E-state index contributed by atoms with van der Waals surface area (Å²) >= 11 is 0. The van der Waals surface area contributed by atoms with Gasteiger partial charge >= 0.3 is 0 Å². The van der Waals surface area contributed by atoms with Crippen LogP contribution in [0.5, 0.6) is 0 Å². The fourth-order valence-electron chi connectivity index (χ4n) is 2.30. The fourth-order valence-corrected chi connectivity index (χ4v) is 2.30. The number of nitrogens with one attached hydrogen (secondary N) is 1. The Kier molecular flexibility index (Phi) is 3.76.